The minimum Gasteiger partial charge on any atom is -0.481 e. The van der Waals surface area contributed by atoms with Crippen LogP contribution in [0.2, 0.25) is 0 Å². The van der Waals surface area contributed by atoms with Crippen LogP contribution in [0.5, 0.6) is 0 Å². The lowest BCUT2D eigenvalue weighted by Gasteiger charge is -2.03. The SMILES string of the molecule is O=C(O)CC(OCl)OCl. The van der Waals surface area contributed by atoms with Crippen LogP contribution in [0.25, 0.3) is 0 Å². The van der Waals surface area contributed by atoms with Crippen molar-refractivity contribution < 1.29 is 18.5 Å². The van der Waals surface area contributed by atoms with Crippen molar-refractivity contribution in [2.24, 2.45) is 0 Å². The van der Waals surface area contributed by atoms with Crippen LogP contribution >= 0.6 is 23.7 Å². The molecule has 0 rings (SSSR count). The normalized spacial score (nSPS) is 10.1. The third-order valence-electron chi connectivity index (χ3n) is 0.540. The summed E-state index contributed by atoms with van der Waals surface area (Å²) in [6, 6.07) is 0. The Kier molecular flexibility index (Phi) is 4.80. The van der Waals surface area contributed by atoms with Gasteiger partial charge < -0.3 is 5.11 Å². The Balaban J connectivity index is 3.43. The maximum Gasteiger partial charge on any atom is 0.308 e. The van der Waals surface area contributed by atoms with Crippen molar-refractivity contribution in [1.29, 1.82) is 0 Å². The fourth-order valence-electron chi connectivity index (χ4n) is 0.219. The van der Waals surface area contributed by atoms with Crippen molar-refractivity contribution in [2.45, 2.75) is 12.7 Å². The summed E-state index contributed by atoms with van der Waals surface area (Å²) in [4.78, 5) is 9.85. The lowest BCUT2D eigenvalue weighted by Crippen LogP contribution is -2.13. The topological polar surface area (TPSA) is 55.8 Å². The van der Waals surface area contributed by atoms with E-state index < -0.39 is 12.3 Å². The van der Waals surface area contributed by atoms with Gasteiger partial charge in [0.05, 0.1) is 30.2 Å². The highest BCUT2D eigenvalue weighted by atomic mass is 35.5. The molecule has 0 saturated heterocycles. The highest BCUT2D eigenvalue weighted by Gasteiger charge is 2.12. The van der Waals surface area contributed by atoms with Gasteiger partial charge in [-0.3, -0.25) is 4.79 Å². The Hall–Kier alpha value is -0.0300. The summed E-state index contributed by atoms with van der Waals surface area (Å²) in [6.07, 6.45) is -1.47. The molecule has 0 aliphatic rings. The van der Waals surface area contributed by atoms with Crippen LogP contribution in [0.4, 0.5) is 0 Å². The molecule has 0 aromatic heterocycles. The summed E-state index contributed by atoms with van der Waals surface area (Å²) in [6.45, 7) is 0. The Morgan fingerprint density at radius 1 is 1.56 bits per heavy atom. The Bertz CT molecular complexity index is 91.8. The third kappa shape index (κ3) is 4.47. The van der Waals surface area contributed by atoms with Crippen LogP contribution in [0.15, 0.2) is 0 Å². The largest absolute Gasteiger partial charge is 0.481 e. The summed E-state index contributed by atoms with van der Waals surface area (Å²) in [5.74, 6) is -1.10. The number of carboxylic acid groups (broad SMARTS) is 1. The molecule has 0 fully saturated rings. The Morgan fingerprint density at radius 2 is 2.00 bits per heavy atom. The number of halogens is 2. The van der Waals surface area contributed by atoms with Gasteiger partial charge in [0.25, 0.3) is 0 Å². The van der Waals surface area contributed by atoms with Crippen LogP contribution in [0.3, 0.4) is 0 Å². The van der Waals surface area contributed by atoms with Gasteiger partial charge in [-0.25, -0.2) is 8.58 Å². The van der Waals surface area contributed by atoms with Gasteiger partial charge in [-0.05, 0) is 0 Å². The lowest BCUT2D eigenvalue weighted by molar-refractivity contribution is -0.142. The molecule has 0 heterocycles. The van der Waals surface area contributed by atoms with Gasteiger partial charge in [-0.15, -0.1) is 0 Å². The van der Waals surface area contributed by atoms with Gasteiger partial charge in [0.2, 0.25) is 6.29 Å². The number of carboxylic acids is 1. The van der Waals surface area contributed by atoms with E-state index in [1.807, 2.05) is 0 Å². The number of aliphatic carboxylic acids is 1. The van der Waals surface area contributed by atoms with Crippen LogP contribution < -0.4 is 0 Å². The number of hydrogen-bond donors (Lipinski definition) is 1. The molecule has 0 saturated carbocycles. The fraction of sp³-hybridized carbons (Fsp3) is 0.667. The van der Waals surface area contributed by atoms with Gasteiger partial charge >= 0.3 is 5.97 Å². The van der Waals surface area contributed by atoms with Crippen molar-refractivity contribution in [3.8, 4) is 0 Å². The lowest BCUT2D eigenvalue weighted by atomic mass is 10.4. The summed E-state index contributed by atoms with van der Waals surface area (Å²) in [7, 11) is 0. The van der Waals surface area contributed by atoms with E-state index in [-0.39, 0.29) is 6.42 Å². The quantitative estimate of drug-likeness (QED) is 0.650. The minimum atomic E-state index is -1.10. The molecule has 0 aliphatic carbocycles. The maximum absolute atomic E-state index is 9.85. The molecule has 0 aromatic rings. The van der Waals surface area contributed by atoms with Gasteiger partial charge in [-0.1, -0.05) is 0 Å². The molecular formula is C3H4Cl2O4. The molecule has 0 bridgehead atoms. The van der Waals surface area contributed by atoms with Crippen LogP contribution in [-0.4, -0.2) is 17.4 Å². The predicted octanol–water partition coefficient (Wildman–Crippen LogP) is 1.13. The van der Waals surface area contributed by atoms with Crippen LogP contribution in [0, 0.1) is 0 Å². The van der Waals surface area contributed by atoms with Gasteiger partial charge in [0.1, 0.15) is 0 Å². The molecule has 0 spiro atoms. The first-order valence-electron chi connectivity index (χ1n) is 1.97. The van der Waals surface area contributed by atoms with Gasteiger partial charge in [0.15, 0.2) is 0 Å². The molecule has 0 unspecified atom stereocenters. The number of rotatable bonds is 4. The molecule has 54 valence electrons. The van der Waals surface area contributed by atoms with E-state index in [2.05, 4.69) is 8.58 Å². The van der Waals surface area contributed by atoms with Crippen molar-refractivity contribution in [2.75, 3.05) is 0 Å². The fourth-order valence-corrected chi connectivity index (χ4v) is 0.455. The highest BCUT2D eigenvalue weighted by Crippen LogP contribution is 2.04. The summed E-state index contributed by atoms with van der Waals surface area (Å²) in [5, 5.41) is 8.07. The van der Waals surface area contributed by atoms with Crippen molar-refractivity contribution in [1.82, 2.24) is 0 Å². The van der Waals surface area contributed by atoms with Crippen molar-refractivity contribution in [3.63, 3.8) is 0 Å². The second-order valence-corrected chi connectivity index (χ2v) is 1.56. The summed E-state index contributed by atoms with van der Waals surface area (Å²) in [5.41, 5.74) is 0. The molecule has 4 nitrogen and oxygen atoms in total. The van der Waals surface area contributed by atoms with Gasteiger partial charge in [0, 0.05) is 0 Å². The van der Waals surface area contributed by atoms with E-state index in [1.165, 1.54) is 0 Å². The first kappa shape index (κ1) is 8.97. The van der Waals surface area contributed by atoms with Crippen molar-refractivity contribution in [3.05, 3.63) is 0 Å². The summed E-state index contributed by atoms with van der Waals surface area (Å²) < 4.78 is 7.90. The predicted molar refractivity (Wildman–Crippen MR) is 29.9 cm³/mol. The molecular weight excluding hydrogens is 171 g/mol. The average molecular weight is 175 g/mol. The zero-order chi connectivity index (χ0) is 7.28. The summed E-state index contributed by atoms with van der Waals surface area (Å²) >= 11 is 9.48. The molecule has 6 heteroatoms. The minimum absolute atomic E-state index is 0.382. The second-order valence-electron chi connectivity index (χ2n) is 1.21. The average Bonchev–Trinajstić information content (AvgIpc) is 1.82. The van der Waals surface area contributed by atoms with Gasteiger partial charge in [-0.2, -0.15) is 0 Å². The van der Waals surface area contributed by atoms with Crippen LogP contribution in [-0.2, 0) is 13.4 Å². The van der Waals surface area contributed by atoms with E-state index in [0.717, 1.165) is 0 Å². The zero-order valence-electron chi connectivity index (χ0n) is 4.21. The number of carbonyl (C=O) groups is 1. The highest BCUT2D eigenvalue weighted by molar-refractivity contribution is 6.09. The van der Waals surface area contributed by atoms with E-state index in [1.54, 1.807) is 0 Å². The van der Waals surface area contributed by atoms with Crippen LogP contribution in [0.1, 0.15) is 6.42 Å². The molecule has 1 N–H and O–H groups in total. The first-order chi connectivity index (χ1) is 4.20. The Morgan fingerprint density at radius 3 is 2.11 bits per heavy atom. The van der Waals surface area contributed by atoms with E-state index in [4.69, 9.17) is 28.8 Å². The maximum atomic E-state index is 9.85. The molecule has 0 aromatic carbocycles. The molecule has 0 aliphatic heterocycles. The zero-order valence-corrected chi connectivity index (χ0v) is 5.72. The second kappa shape index (κ2) is 4.81. The van der Waals surface area contributed by atoms with Crippen molar-refractivity contribution >= 4 is 29.7 Å². The van der Waals surface area contributed by atoms with E-state index in [9.17, 15) is 4.79 Å². The van der Waals surface area contributed by atoms with E-state index >= 15 is 0 Å². The standard InChI is InChI=1S/C3H4Cl2O4/c4-8-3(9-5)1-2(6)7/h3H,1H2,(H,6,7). The smallest absolute Gasteiger partial charge is 0.308 e. The Labute approximate surface area is 61.6 Å². The molecule has 0 radical (unpaired) electrons. The monoisotopic (exact) mass is 174 g/mol. The molecule has 0 atom stereocenters. The first-order valence-corrected chi connectivity index (χ1v) is 2.59. The third-order valence-corrected chi connectivity index (χ3v) is 0.937. The number of hydrogen-bond acceptors (Lipinski definition) is 3. The molecule has 0 amide bonds. The van der Waals surface area contributed by atoms with E-state index in [0.29, 0.717) is 0 Å². The molecule has 9 heavy (non-hydrogen) atoms.